The summed E-state index contributed by atoms with van der Waals surface area (Å²) in [4.78, 5) is 17.9. The molecule has 1 aromatic carbocycles. The van der Waals surface area contributed by atoms with E-state index in [2.05, 4.69) is 4.98 Å². The molecule has 0 bridgehead atoms. The second-order valence-electron chi connectivity index (χ2n) is 5.39. The van der Waals surface area contributed by atoms with Gasteiger partial charge in [0.05, 0.1) is 5.52 Å². The molecule has 1 aromatic heterocycles. The maximum Gasteiger partial charge on any atom is 0.237 e. The molecule has 116 valence electrons. The van der Waals surface area contributed by atoms with Crippen molar-refractivity contribution in [2.24, 2.45) is 0 Å². The minimum absolute atomic E-state index is 0.0308. The van der Waals surface area contributed by atoms with Crippen LogP contribution in [0.3, 0.4) is 0 Å². The van der Waals surface area contributed by atoms with Gasteiger partial charge in [-0.1, -0.05) is 24.3 Å². The molecule has 1 amide bonds. The van der Waals surface area contributed by atoms with Gasteiger partial charge in [0.25, 0.3) is 0 Å². The largest absolute Gasteiger partial charge is 0.341 e. The first-order valence-electron chi connectivity index (χ1n) is 6.99. The number of benzene rings is 1. The predicted octanol–water partition coefficient (Wildman–Crippen LogP) is 1.95. The molecular formula is C15H15ClN2O3S. The maximum atomic E-state index is 11.8. The Balaban J connectivity index is 1.68. The summed E-state index contributed by atoms with van der Waals surface area (Å²) in [5.41, 5.74) is 1.79. The SMILES string of the molecule is O=C1CC(S(=O)(=O)Cl)CN1CCc1ccc2ccccc2n1. The lowest BCUT2D eigenvalue weighted by Crippen LogP contribution is -2.29. The van der Waals surface area contributed by atoms with Crippen molar-refractivity contribution in [3.8, 4) is 0 Å². The standard InChI is InChI=1S/C15H15ClN2O3S/c16-22(20,21)13-9-15(19)18(10-13)8-7-12-6-5-11-3-1-2-4-14(11)17-12/h1-6,13H,7-10H2. The van der Waals surface area contributed by atoms with Crippen LogP contribution in [0.5, 0.6) is 0 Å². The quantitative estimate of drug-likeness (QED) is 0.799. The highest BCUT2D eigenvalue weighted by Crippen LogP contribution is 2.21. The first-order valence-corrected chi connectivity index (χ1v) is 9.36. The summed E-state index contributed by atoms with van der Waals surface area (Å²) in [5, 5.41) is 0.267. The van der Waals surface area contributed by atoms with Gasteiger partial charge in [0.1, 0.15) is 5.25 Å². The molecule has 1 atom stereocenters. The summed E-state index contributed by atoms with van der Waals surface area (Å²) in [6.07, 6.45) is 0.558. The molecule has 5 nitrogen and oxygen atoms in total. The molecule has 1 saturated heterocycles. The topological polar surface area (TPSA) is 67.3 Å². The number of fused-ring (bicyclic) bond motifs is 1. The lowest BCUT2D eigenvalue weighted by Gasteiger charge is -2.15. The van der Waals surface area contributed by atoms with E-state index in [4.69, 9.17) is 10.7 Å². The van der Waals surface area contributed by atoms with Crippen molar-refractivity contribution in [3.63, 3.8) is 0 Å². The summed E-state index contributed by atoms with van der Waals surface area (Å²) in [7, 11) is 1.65. The van der Waals surface area contributed by atoms with Gasteiger partial charge in [-0.05, 0) is 12.1 Å². The molecule has 1 aliphatic rings. The van der Waals surface area contributed by atoms with Crippen LogP contribution in [0.2, 0.25) is 0 Å². The Labute approximate surface area is 133 Å². The van der Waals surface area contributed by atoms with E-state index in [0.29, 0.717) is 13.0 Å². The van der Waals surface area contributed by atoms with Crippen molar-refractivity contribution in [3.05, 3.63) is 42.1 Å². The van der Waals surface area contributed by atoms with E-state index < -0.39 is 14.3 Å². The zero-order valence-corrected chi connectivity index (χ0v) is 13.3. The number of para-hydroxylation sites is 1. The number of likely N-dealkylation sites (tertiary alicyclic amines) is 1. The Bertz CT molecular complexity index is 822. The van der Waals surface area contributed by atoms with Crippen LogP contribution in [-0.2, 0) is 20.3 Å². The van der Waals surface area contributed by atoms with Crippen LogP contribution in [-0.4, -0.2) is 42.5 Å². The fourth-order valence-corrected chi connectivity index (χ4v) is 3.70. The second-order valence-corrected chi connectivity index (χ2v) is 8.29. The highest BCUT2D eigenvalue weighted by atomic mass is 35.7. The molecular weight excluding hydrogens is 324 g/mol. The van der Waals surface area contributed by atoms with Crippen LogP contribution in [0.25, 0.3) is 10.9 Å². The zero-order chi connectivity index (χ0) is 15.7. The number of carbonyl (C=O) groups is 1. The molecule has 2 aromatic rings. The smallest absolute Gasteiger partial charge is 0.237 e. The molecule has 1 aliphatic heterocycles. The summed E-state index contributed by atoms with van der Waals surface area (Å²) >= 11 is 0. The van der Waals surface area contributed by atoms with Gasteiger partial charge >= 0.3 is 0 Å². The summed E-state index contributed by atoms with van der Waals surface area (Å²) < 4.78 is 22.6. The van der Waals surface area contributed by atoms with Crippen molar-refractivity contribution in [1.29, 1.82) is 0 Å². The zero-order valence-electron chi connectivity index (χ0n) is 11.8. The average molecular weight is 339 g/mol. The Kier molecular flexibility index (Phi) is 4.06. The molecule has 1 fully saturated rings. The van der Waals surface area contributed by atoms with E-state index >= 15 is 0 Å². The third kappa shape index (κ3) is 3.23. The van der Waals surface area contributed by atoms with E-state index in [0.717, 1.165) is 16.6 Å². The van der Waals surface area contributed by atoms with Gasteiger partial charge in [-0.15, -0.1) is 0 Å². The van der Waals surface area contributed by atoms with Crippen LogP contribution in [0.1, 0.15) is 12.1 Å². The van der Waals surface area contributed by atoms with E-state index in [1.807, 2.05) is 36.4 Å². The fraction of sp³-hybridized carbons (Fsp3) is 0.333. The maximum absolute atomic E-state index is 11.8. The number of aromatic nitrogens is 1. The van der Waals surface area contributed by atoms with E-state index in [1.54, 1.807) is 4.90 Å². The number of pyridine rings is 1. The van der Waals surface area contributed by atoms with Crippen molar-refractivity contribution < 1.29 is 13.2 Å². The van der Waals surface area contributed by atoms with Gasteiger partial charge in [0, 0.05) is 47.7 Å². The number of halogens is 1. The minimum atomic E-state index is -3.69. The molecule has 0 N–H and O–H groups in total. The van der Waals surface area contributed by atoms with Gasteiger partial charge in [-0.25, -0.2) is 8.42 Å². The van der Waals surface area contributed by atoms with Crippen molar-refractivity contribution in [2.75, 3.05) is 13.1 Å². The van der Waals surface area contributed by atoms with Crippen molar-refractivity contribution >= 4 is 36.5 Å². The molecule has 0 saturated carbocycles. The monoisotopic (exact) mass is 338 g/mol. The Morgan fingerprint density at radius 1 is 1.23 bits per heavy atom. The second kappa shape index (κ2) is 5.85. The average Bonchev–Trinajstić information content (AvgIpc) is 2.86. The highest BCUT2D eigenvalue weighted by Gasteiger charge is 2.36. The number of nitrogens with zero attached hydrogens (tertiary/aromatic N) is 2. The van der Waals surface area contributed by atoms with Crippen LogP contribution in [0.4, 0.5) is 0 Å². The first kappa shape index (κ1) is 15.2. The van der Waals surface area contributed by atoms with Gasteiger partial charge in [-0.2, -0.15) is 0 Å². The number of carbonyl (C=O) groups excluding carboxylic acids is 1. The summed E-state index contributed by atoms with van der Waals surface area (Å²) in [6, 6.07) is 11.7. The van der Waals surface area contributed by atoms with Crippen LogP contribution >= 0.6 is 10.7 Å². The highest BCUT2D eigenvalue weighted by molar-refractivity contribution is 8.14. The van der Waals surface area contributed by atoms with Gasteiger partial charge in [0.15, 0.2) is 0 Å². The Morgan fingerprint density at radius 3 is 2.73 bits per heavy atom. The summed E-state index contributed by atoms with van der Waals surface area (Å²) in [6.45, 7) is 0.616. The molecule has 3 rings (SSSR count). The molecule has 0 aliphatic carbocycles. The summed E-state index contributed by atoms with van der Waals surface area (Å²) in [5.74, 6) is -0.171. The molecule has 2 heterocycles. The molecule has 0 spiro atoms. The first-order chi connectivity index (χ1) is 10.4. The van der Waals surface area contributed by atoms with Crippen LogP contribution < -0.4 is 0 Å². The van der Waals surface area contributed by atoms with Crippen molar-refractivity contribution in [2.45, 2.75) is 18.1 Å². The minimum Gasteiger partial charge on any atom is -0.341 e. The molecule has 1 unspecified atom stereocenters. The number of rotatable bonds is 4. The lowest BCUT2D eigenvalue weighted by atomic mass is 10.2. The molecule has 22 heavy (non-hydrogen) atoms. The van der Waals surface area contributed by atoms with Gasteiger partial charge < -0.3 is 4.90 Å². The third-order valence-corrected chi connectivity index (χ3v) is 5.74. The van der Waals surface area contributed by atoms with Crippen LogP contribution in [0, 0.1) is 0 Å². The van der Waals surface area contributed by atoms with E-state index in [-0.39, 0.29) is 18.9 Å². The predicted molar refractivity (Wildman–Crippen MR) is 85.2 cm³/mol. The van der Waals surface area contributed by atoms with Gasteiger partial charge in [0.2, 0.25) is 15.0 Å². The Morgan fingerprint density at radius 2 is 2.00 bits per heavy atom. The molecule has 0 radical (unpaired) electrons. The normalized spacial score (nSPS) is 19.0. The van der Waals surface area contributed by atoms with Crippen molar-refractivity contribution in [1.82, 2.24) is 9.88 Å². The lowest BCUT2D eigenvalue weighted by molar-refractivity contribution is -0.127. The number of hydrogen-bond donors (Lipinski definition) is 0. The van der Waals surface area contributed by atoms with E-state index in [9.17, 15) is 13.2 Å². The van der Waals surface area contributed by atoms with E-state index in [1.165, 1.54) is 0 Å². The number of hydrogen-bond acceptors (Lipinski definition) is 4. The van der Waals surface area contributed by atoms with Gasteiger partial charge in [-0.3, -0.25) is 9.78 Å². The Hall–Kier alpha value is -1.66. The third-order valence-electron chi connectivity index (χ3n) is 3.87. The number of amides is 1. The van der Waals surface area contributed by atoms with Crippen LogP contribution in [0.15, 0.2) is 36.4 Å². The fourth-order valence-electron chi connectivity index (χ4n) is 2.64. The molecule has 7 heteroatoms.